The summed E-state index contributed by atoms with van der Waals surface area (Å²) in [5, 5.41) is 0. The Bertz CT molecular complexity index is 130. The van der Waals surface area contributed by atoms with Crippen molar-refractivity contribution in [3.63, 3.8) is 0 Å². The molecule has 72 valence electrons. The zero-order chi connectivity index (χ0) is 9.40. The molecule has 0 saturated heterocycles. The van der Waals surface area contributed by atoms with Crippen LogP contribution in [0.4, 0.5) is 0 Å². The summed E-state index contributed by atoms with van der Waals surface area (Å²) in [6, 6.07) is 0. The molecule has 0 aliphatic rings. The van der Waals surface area contributed by atoms with Crippen LogP contribution in [-0.4, -0.2) is 43.2 Å². The quantitative estimate of drug-likeness (QED) is 0.598. The molecule has 0 atom stereocenters. The van der Waals surface area contributed by atoms with E-state index in [9.17, 15) is 0 Å². The Balaban J connectivity index is 3.45. The third-order valence-corrected chi connectivity index (χ3v) is 1.94. The summed E-state index contributed by atoms with van der Waals surface area (Å²) in [5.41, 5.74) is 5.40. The lowest BCUT2D eigenvalue weighted by atomic mass is 10.3. The molecule has 3 nitrogen and oxygen atoms in total. The first-order valence-electron chi connectivity index (χ1n) is 4.20. The van der Waals surface area contributed by atoms with E-state index in [1.54, 1.807) is 7.11 Å². The van der Waals surface area contributed by atoms with Gasteiger partial charge in [-0.25, -0.2) is 0 Å². The minimum atomic E-state index is 0.589. The lowest BCUT2D eigenvalue weighted by Gasteiger charge is -2.18. The highest BCUT2D eigenvalue weighted by molar-refractivity contribution is 7.80. The number of rotatable bonds is 7. The number of hydrogen-bond donors (Lipinski definition) is 1. The van der Waals surface area contributed by atoms with Crippen molar-refractivity contribution in [3.8, 4) is 0 Å². The van der Waals surface area contributed by atoms with Crippen molar-refractivity contribution >= 4 is 17.2 Å². The second-order valence-electron chi connectivity index (χ2n) is 2.64. The van der Waals surface area contributed by atoms with Crippen molar-refractivity contribution in [1.29, 1.82) is 0 Å². The molecule has 0 spiro atoms. The molecule has 0 rings (SSSR count). The van der Waals surface area contributed by atoms with Crippen molar-refractivity contribution in [2.45, 2.75) is 13.3 Å². The highest BCUT2D eigenvalue weighted by Crippen LogP contribution is 1.91. The van der Waals surface area contributed by atoms with Crippen molar-refractivity contribution in [2.24, 2.45) is 5.73 Å². The summed E-state index contributed by atoms with van der Waals surface area (Å²) in [7, 11) is 1.71. The topological polar surface area (TPSA) is 38.5 Å². The van der Waals surface area contributed by atoms with E-state index in [-0.39, 0.29) is 0 Å². The molecule has 0 bridgehead atoms. The van der Waals surface area contributed by atoms with Gasteiger partial charge >= 0.3 is 0 Å². The number of hydrogen-bond acceptors (Lipinski definition) is 3. The maximum atomic E-state index is 5.40. The molecule has 0 aromatic carbocycles. The number of likely N-dealkylation sites (N-methyl/N-ethyl adjacent to an activating group) is 1. The molecule has 2 N–H and O–H groups in total. The van der Waals surface area contributed by atoms with Gasteiger partial charge in [0.1, 0.15) is 0 Å². The Kier molecular flexibility index (Phi) is 7.34. The lowest BCUT2D eigenvalue weighted by Crippen LogP contribution is -2.30. The van der Waals surface area contributed by atoms with Gasteiger partial charge < -0.3 is 15.4 Å². The van der Waals surface area contributed by atoms with E-state index < -0.39 is 0 Å². The average molecular weight is 190 g/mol. The zero-order valence-electron chi connectivity index (χ0n) is 7.88. The summed E-state index contributed by atoms with van der Waals surface area (Å²) in [4.78, 5) is 2.86. The minimum absolute atomic E-state index is 0.589. The van der Waals surface area contributed by atoms with Crippen LogP contribution in [0.15, 0.2) is 0 Å². The molecule has 0 fully saturated rings. The summed E-state index contributed by atoms with van der Waals surface area (Å²) >= 11 is 4.79. The van der Waals surface area contributed by atoms with Crippen LogP contribution in [0.5, 0.6) is 0 Å². The summed E-state index contributed by atoms with van der Waals surface area (Å²) in [6.07, 6.45) is 0.798. The predicted molar refractivity (Wildman–Crippen MR) is 55.4 cm³/mol. The van der Waals surface area contributed by atoms with Gasteiger partial charge in [-0.3, -0.25) is 0 Å². The first kappa shape index (κ1) is 11.8. The van der Waals surface area contributed by atoms with Crippen LogP contribution < -0.4 is 5.73 Å². The maximum Gasteiger partial charge on any atom is 0.0740 e. The van der Waals surface area contributed by atoms with Crippen LogP contribution in [0.25, 0.3) is 0 Å². The Morgan fingerprint density at radius 3 is 2.58 bits per heavy atom. The molecule has 0 radical (unpaired) electrons. The molecule has 12 heavy (non-hydrogen) atoms. The number of ether oxygens (including phenoxy) is 1. The first-order valence-corrected chi connectivity index (χ1v) is 4.61. The predicted octanol–water partition coefficient (Wildman–Crippen LogP) is 0.631. The van der Waals surface area contributed by atoms with Gasteiger partial charge in [0, 0.05) is 26.6 Å². The van der Waals surface area contributed by atoms with Crippen LogP contribution >= 0.6 is 12.2 Å². The van der Waals surface area contributed by atoms with E-state index in [1.165, 1.54) is 0 Å². The van der Waals surface area contributed by atoms with Crippen LogP contribution in [0.2, 0.25) is 0 Å². The Hall–Kier alpha value is -0.190. The van der Waals surface area contributed by atoms with E-state index >= 15 is 0 Å². The first-order chi connectivity index (χ1) is 5.70. The highest BCUT2D eigenvalue weighted by atomic mass is 32.1. The maximum absolute atomic E-state index is 5.40. The van der Waals surface area contributed by atoms with Crippen LogP contribution in [0.1, 0.15) is 13.3 Å². The van der Waals surface area contributed by atoms with Crippen molar-refractivity contribution in [2.75, 3.05) is 33.4 Å². The normalized spacial score (nSPS) is 10.6. The van der Waals surface area contributed by atoms with E-state index in [0.717, 1.165) is 32.7 Å². The van der Waals surface area contributed by atoms with E-state index in [1.807, 2.05) is 0 Å². The fraction of sp³-hybridized carbons (Fsp3) is 0.875. The Labute approximate surface area is 79.9 Å². The highest BCUT2D eigenvalue weighted by Gasteiger charge is 2.01. The van der Waals surface area contributed by atoms with Gasteiger partial charge in [-0.2, -0.15) is 0 Å². The average Bonchev–Trinajstić information content (AvgIpc) is 2.05. The molecule has 0 aliphatic heterocycles. The van der Waals surface area contributed by atoms with Gasteiger partial charge in [-0.1, -0.05) is 19.1 Å². The molecular weight excluding hydrogens is 172 g/mol. The van der Waals surface area contributed by atoms with E-state index in [4.69, 9.17) is 22.7 Å². The monoisotopic (exact) mass is 190 g/mol. The van der Waals surface area contributed by atoms with Crippen LogP contribution in [0, 0.1) is 0 Å². The minimum Gasteiger partial charge on any atom is -0.393 e. The number of nitrogens with zero attached hydrogens (tertiary/aromatic N) is 1. The van der Waals surface area contributed by atoms with Gasteiger partial charge in [0.15, 0.2) is 0 Å². The second-order valence-corrected chi connectivity index (χ2v) is 3.17. The Morgan fingerprint density at radius 2 is 2.17 bits per heavy atom. The largest absolute Gasteiger partial charge is 0.393 e. The van der Waals surface area contributed by atoms with Gasteiger partial charge in [-0.05, 0) is 6.54 Å². The standard InChI is InChI=1S/C8H18N2OS/c1-3-10(6-7-11-2)5-4-8(9)12/h3-7H2,1-2H3,(H2,9,12). The van der Waals surface area contributed by atoms with Crippen LogP contribution in [-0.2, 0) is 4.74 Å². The molecule has 0 saturated carbocycles. The molecule has 0 amide bonds. The molecule has 0 aliphatic carbocycles. The van der Waals surface area contributed by atoms with Crippen molar-refractivity contribution in [3.05, 3.63) is 0 Å². The van der Waals surface area contributed by atoms with Crippen LogP contribution in [0.3, 0.4) is 0 Å². The molecule has 0 aromatic heterocycles. The Morgan fingerprint density at radius 1 is 1.50 bits per heavy atom. The molecular formula is C8H18N2OS. The fourth-order valence-electron chi connectivity index (χ4n) is 0.917. The molecule has 4 heteroatoms. The van der Waals surface area contributed by atoms with Gasteiger partial charge in [0.05, 0.1) is 11.6 Å². The molecule has 0 unspecified atom stereocenters. The van der Waals surface area contributed by atoms with Gasteiger partial charge in [0.25, 0.3) is 0 Å². The zero-order valence-corrected chi connectivity index (χ0v) is 8.69. The number of methoxy groups -OCH3 is 1. The number of thiocarbonyl (C=S) groups is 1. The summed E-state index contributed by atoms with van der Waals surface area (Å²) in [5.74, 6) is 0. The molecule has 0 heterocycles. The van der Waals surface area contributed by atoms with Gasteiger partial charge in [-0.15, -0.1) is 0 Å². The third-order valence-electron chi connectivity index (χ3n) is 1.73. The fourth-order valence-corrected chi connectivity index (χ4v) is 1.01. The van der Waals surface area contributed by atoms with Crippen molar-refractivity contribution in [1.82, 2.24) is 4.90 Å². The summed E-state index contributed by atoms with van der Waals surface area (Å²) in [6.45, 7) is 5.80. The second kappa shape index (κ2) is 7.46. The SMILES string of the molecule is CCN(CCOC)CCC(N)=S. The third kappa shape index (κ3) is 6.52. The lowest BCUT2D eigenvalue weighted by molar-refractivity contribution is 0.152. The number of nitrogens with two attached hydrogens (primary N) is 1. The van der Waals surface area contributed by atoms with Crippen molar-refractivity contribution < 1.29 is 4.74 Å². The molecule has 0 aromatic rings. The summed E-state index contributed by atoms with van der Waals surface area (Å²) < 4.78 is 4.98. The van der Waals surface area contributed by atoms with E-state index in [0.29, 0.717) is 4.99 Å². The van der Waals surface area contributed by atoms with E-state index in [2.05, 4.69) is 11.8 Å². The van der Waals surface area contributed by atoms with Gasteiger partial charge in [0.2, 0.25) is 0 Å². The smallest absolute Gasteiger partial charge is 0.0740 e.